The second kappa shape index (κ2) is 7.35. The second-order valence-electron chi connectivity index (χ2n) is 5.18. The van der Waals surface area contributed by atoms with Gasteiger partial charge in [-0.05, 0) is 18.1 Å². The molecule has 6 heteroatoms. The lowest BCUT2D eigenvalue weighted by molar-refractivity contribution is 0.287. The number of hydrogen-bond donors (Lipinski definition) is 2. The van der Waals surface area contributed by atoms with Crippen LogP contribution in [0.1, 0.15) is 17.8 Å². The Labute approximate surface area is 139 Å². The quantitative estimate of drug-likeness (QED) is 0.727. The van der Waals surface area contributed by atoms with Crippen LogP contribution in [-0.4, -0.2) is 26.7 Å². The third kappa shape index (κ3) is 3.94. The lowest BCUT2D eigenvalue weighted by atomic mass is 10.2. The lowest BCUT2D eigenvalue weighted by Gasteiger charge is -2.10. The van der Waals surface area contributed by atoms with Crippen LogP contribution in [0.15, 0.2) is 42.6 Å². The molecule has 0 aliphatic heterocycles. The van der Waals surface area contributed by atoms with Gasteiger partial charge >= 0.3 is 0 Å². The van der Waals surface area contributed by atoms with Crippen molar-refractivity contribution in [1.29, 1.82) is 0 Å². The standard InChI is InChI=1S/C17H17ClN4O/c18-13-9-14-16(19-11-13)17(22-15(21-14)7-4-8-23)20-10-12-5-2-1-3-6-12/h1-3,5-6,9,11,23H,4,7-8,10H2,(H,20,21,22). The van der Waals surface area contributed by atoms with Gasteiger partial charge in [-0.15, -0.1) is 0 Å². The van der Waals surface area contributed by atoms with Gasteiger partial charge in [0.25, 0.3) is 0 Å². The van der Waals surface area contributed by atoms with E-state index >= 15 is 0 Å². The van der Waals surface area contributed by atoms with Crippen LogP contribution in [0.25, 0.3) is 11.0 Å². The highest BCUT2D eigenvalue weighted by Crippen LogP contribution is 2.22. The van der Waals surface area contributed by atoms with Crippen molar-refractivity contribution in [2.45, 2.75) is 19.4 Å². The van der Waals surface area contributed by atoms with Crippen LogP contribution in [0.4, 0.5) is 5.82 Å². The Morgan fingerprint density at radius 3 is 2.74 bits per heavy atom. The summed E-state index contributed by atoms with van der Waals surface area (Å²) >= 11 is 6.02. The van der Waals surface area contributed by atoms with Crippen LogP contribution in [0.3, 0.4) is 0 Å². The maximum Gasteiger partial charge on any atom is 0.156 e. The summed E-state index contributed by atoms with van der Waals surface area (Å²) < 4.78 is 0. The fourth-order valence-electron chi connectivity index (χ4n) is 2.30. The monoisotopic (exact) mass is 328 g/mol. The molecule has 0 aliphatic carbocycles. The molecule has 3 aromatic rings. The molecule has 5 nitrogen and oxygen atoms in total. The molecule has 0 aliphatic rings. The van der Waals surface area contributed by atoms with Crippen LogP contribution >= 0.6 is 11.6 Å². The molecule has 23 heavy (non-hydrogen) atoms. The molecule has 2 aromatic heterocycles. The van der Waals surface area contributed by atoms with Gasteiger partial charge in [0.2, 0.25) is 0 Å². The normalized spacial score (nSPS) is 10.9. The molecule has 0 amide bonds. The number of benzene rings is 1. The highest BCUT2D eigenvalue weighted by atomic mass is 35.5. The summed E-state index contributed by atoms with van der Waals surface area (Å²) in [4.78, 5) is 13.4. The van der Waals surface area contributed by atoms with Gasteiger partial charge in [-0.3, -0.25) is 0 Å². The van der Waals surface area contributed by atoms with E-state index in [1.54, 1.807) is 12.3 Å². The first-order valence-corrected chi connectivity index (χ1v) is 7.85. The van der Waals surface area contributed by atoms with Crippen molar-refractivity contribution < 1.29 is 5.11 Å². The predicted octanol–water partition coefficient (Wildman–Crippen LogP) is 3.22. The van der Waals surface area contributed by atoms with E-state index < -0.39 is 0 Å². The highest BCUT2D eigenvalue weighted by molar-refractivity contribution is 6.31. The first-order chi connectivity index (χ1) is 11.3. The van der Waals surface area contributed by atoms with Gasteiger partial charge in [0.15, 0.2) is 5.82 Å². The Hall–Kier alpha value is -2.24. The first-order valence-electron chi connectivity index (χ1n) is 7.47. The Bertz CT molecular complexity index is 795. The summed E-state index contributed by atoms with van der Waals surface area (Å²) in [7, 11) is 0. The third-order valence-corrected chi connectivity index (χ3v) is 3.62. The van der Waals surface area contributed by atoms with Crippen LogP contribution in [0, 0.1) is 0 Å². The number of fused-ring (bicyclic) bond motifs is 1. The molecular weight excluding hydrogens is 312 g/mol. The molecular formula is C17H17ClN4O. The van der Waals surface area contributed by atoms with Crippen molar-refractivity contribution in [1.82, 2.24) is 15.0 Å². The number of hydrogen-bond acceptors (Lipinski definition) is 5. The number of aromatic nitrogens is 3. The minimum Gasteiger partial charge on any atom is -0.396 e. The number of nitrogens with one attached hydrogen (secondary N) is 1. The van der Waals surface area contributed by atoms with Crippen LogP contribution in [0.2, 0.25) is 5.02 Å². The maximum atomic E-state index is 9.00. The summed E-state index contributed by atoms with van der Waals surface area (Å²) in [6.07, 6.45) is 2.82. The van der Waals surface area contributed by atoms with Crippen molar-refractivity contribution in [2.75, 3.05) is 11.9 Å². The summed E-state index contributed by atoms with van der Waals surface area (Å²) in [5.74, 6) is 1.36. The van der Waals surface area contributed by atoms with Crippen molar-refractivity contribution in [2.24, 2.45) is 0 Å². The molecule has 0 fully saturated rings. The van der Waals surface area contributed by atoms with Gasteiger partial charge < -0.3 is 10.4 Å². The van der Waals surface area contributed by atoms with Crippen molar-refractivity contribution in [3.8, 4) is 0 Å². The number of aryl methyl sites for hydroxylation is 1. The number of nitrogens with zero attached hydrogens (tertiary/aromatic N) is 3. The third-order valence-electron chi connectivity index (χ3n) is 3.41. The summed E-state index contributed by atoms with van der Waals surface area (Å²) in [6.45, 7) is 0.763. The lowest BCUT2D eigenvalue weighted by Crippen LogP contribution is -2.07. The molecule has 0 bridgehead atoms. The van der Waals surface area contributed by atoms with E-state index in [-0.39, 0.29) is 6.61 Å². The predicted molar refractivity (Wildman–Crippen MR) is 91.5 cm³/mol. The highest BCUT2D eigenvalue weighted by Gasteiger charge is 2.09. The van der Waals surface area contributed by atoms with Crippen LogP contribution < -0.4 is 5.32 Å². The van der Waals surface area contributed by atoms with E-state index in [1.165, 1.54) is 0 Å². The van der Waals surface area contributed by atoms with Gasteiger partial charge in [-0.2, -0.15) is 0 Å². The zero-order valence-corrected chi connectivity index (χ0v) is 13.3. The van der Waals surface area contributed by atoms with E-state index in [2.05, 4.69) is 20.3 Å². The molecule has 1 aromatic carbocycles. The molecule has 118 valence electrons. The minimum atomic E-state index is 0.113. The van der Waals surface area contributed by atoms with Gasteiger partial charge in [0.05, 0.1) is 10.5 Å². The Balaban J connectivity index is 1.92. The zero-order chi connectivity index (χ0) is 16.1. The maximum absolute atomic E-state index is 9.00. The molecule has 3 rings (SSSR count). The fraction of sp³-hybridized carbons (Fsp3) is 0.235. The van der Waals surface area contributed by atoms with E-state index in [1.807, 2.05) is 30.3 Å². The second-order valence-corrected chi connectivity index (χ2v) is 5.61. The number of aliphatic hydroxyl groups is 1. The minimum absolute atomic E-state index is 0.113. The van der Waals surface area contributed by atoms with E-state index in [4.69, 9.17) is 16.7 Å². The van der Waals surface area contributed by atoms with E-state index in [0.29, 0.717) is 47.1 Å². The van der Waals surface area contributed by atoms with Crippen molar-refractivity contribution in [3.63, 3.8) is 0 Å². The summed E-state index contributed by atoms with van der Waals surface area (Å²) in [5.41, 5.74) is 2.55. The van der Waals surface area contributed by atoms with Crippen molar-refractivity contribution >= 4 is 28.5 Å². The SMILES string of the molecule is OCCCc1nc(NCc2ccccc2)c2ncc(Cl)cc2n1. The van der Waals surface area contributed by atoms with Crippen LogP contribution in [0.5, 0.6) is 0 Å². The molecule has 0 spiro atoms. The van der Waals surface area contributed by atoms with Crippen molar-refractivity contribution in [3.05, 3.63) is 59.0 Å². The first kappa shape index (κ1) is 15.6. The number of rotatable bonds is 6. The zero-order valence-electron chi connectivity index (χ0n) is 12.5. The number of aliphatic hydroxyl groups excluding tert-OH is 1. The van der Waals surface area contributed by atoms with Crippen LogP contribution in [-0.2, 0) is 13.0 Å². The van der Waals surface area contributed by atoms with Gasteiger partial charge in [-0.1, -0.05) is 41.9 Å². The van der Waals surface area contributed by atoms with E-state index in [9.17, 15) is 0 Å². The largest absolute Gasteiger partial charge is 0.396 e. The van der Waals surface area contributed by atoms with Gasteiger partial charge in [-0.25, -0.2) is 15.0 Å². The average Bonchev–Trinajstić information content (AvgIpc) is 2.58. The molecule has 0 unspecified atom stereocenters. The Morgan fingerprint density at radius 2 is 1.96 bits per heavy atom. The smallest absolute Gasteiger partial charge is 0.156 e. The average molecular weight is 329 g/mol. The molecule has 0 radical (unpaired) electrons. The van der Waals surface area contributed by atoms with Gasteiger partial charge in [0, 0.05) is 25.8 Å². The Kier molecular flexibility index (Phi) is 5.00. The molecule has 2 N–H and O–H groups in total. The number of pyridine rings is 1. The van der Waals surface area contributed by atoms with Gasteiger partial charge in [0.1, 0.15) is 11.3 Å². The number of anilines is 1. The molecule has 0 saturated carbocycles. The summed E-state index contributed by atoms with van der Waals surface area (Å²) in [6, 6.07) is 11.9. The summed E-state index contributed by atoms with van der Waals surface area (Å²) in [5, 5.41) is 12.9. The van der Waals surface area contributed by atoms with E-state index in [0.717, 1.165) is 5.56 Å². The molecule has 0 saturated heterocycles. The molecule has 0 atom stereocenters. The fourth-order valence-corrected chi connectivity index (χ4v) is 2.45. The topological polar surface area (TPSA) is 70.9 Å². The number of halogens is 1. The molecule has 2 heterocycles. The Morgan fingerprint density at radius 1 is 1.13 bits per heavy atom.